The van der Waals surface area contributed by atoms with Gasteiger partial charge in [0.25, 0.3) is 0 Å². The molecule has 0 heterocycles. The average Bonchev–Trinajstić information content (AvgIpc) is 2.51. The molecule has 0 aliphatic carbocycles. The molecule has 2 N–H and O–H groups in total. The first-order valence-corrected chi connectivity index (χ1v) is 7.70. The van der Waals surface area contributed by atoms with E-state index in [2.05, 4.69) is 15.6 Å². The topological polar surface area (TPSA) is 56.7 Å². The van der Waals surface area contributed by atoms with Gasteiger partial charge < -0.3 is 15.5 Å². The summed E-state index contributed by atoms with van der Waals surface area (Å²) < 4.78 is 50.3. The van der Waals surface area contributed by atoms with Crippen molar-refractivity contribution in [2.45, 2.75) is 26.6 Å². The maximum absolute atomic E-state index is 13.5. The molecule has 0 fully saturated rings. The monoisotopic (exact) mass is 490 g/mol. The lowest BCUT2D eigenvalue weighted by atomic mass is 10.1. The lowest BCUT2D eigenvalue weighted by Gasteiger charge is -2.20. The van der Waals surface area contributed by atoms with E-state index in [-0.39, 0.29) is 48.8 Å². The molecule has 1 aromatic rings. The fourth-order valence-electron chi connectivity index (χ4n) is 1.90. The predicted octanol–water partition coefficient (Wildman–Crippen LogP) is 2.83. The number of nitrogens with zero attached hydrogens (tertiary/aromatic N) is 2. The van der Waals surface area contributed by atoms with Gasteiger partial charge in [-0.15, -0.1) is 24.0 Å². The van der Waals surface area contributed by atoms with Gasteiger partial charge in [0, 0.05) is 13.6 Å². The molecule has 1 rings (SSSR count). The molecule has 0 saturated carbocycles. The number of alkyl halides is 3. The van der Waals surface area contributed by atoms with Crippen LogP contribution in [0, 0.1) is 12.7 Å². The smallest absolute Gasteiger partial charge is 0.357 e. The Morgan fingerprint density at radius 2 is 1.92 bits per heavy atom. The second-order valence-corrected chi connectivity index (χ2v) is 5.50. The van der Waals surface area contributed by atoms with Crippen LogP contribution in [-0.4, -0.2) is 49.6 Å². The molecule has 148 valence electrons. The molecular formula is C16H23F4IN4O. The highest BCUT2D eigenvalue weighted by molar-refractivity contribution is 14.0. The number of likely N-dealkylation sites (N-methyl/N-ethyl adjacent to an activating group) is 1. The van der Waals surface area contributed by atoms with Crippen molar-refractivity contribution in [3.63, 3.8) is 0 Å². The molecule has 1 aromatic carbocycles. The van der Waals surface area contributed by atoms with Crippen LogP contribution in [-0.2, 0) is 11.3 Å². The highest BCUT2D eigenvalue weighted by atomic mass is 127. The van der Waals surface area contributed by atoms with Crippen LogP contribution in [0.15, 0.2) is 23.2 Å². The molecule has 0 saturated heterocycles. The lowest BCUT2D eigenvalue weighted by Crippen LogP contribution is -2.45. The van der Waals surface area contributed by atoms with Crippen LogP contribution in [0.25, 0.3) is 0 Å². The first kappa shape index (κ1) is 24.4. The van der Waals surface area contributed by atoms with Crippen molar-refractivity contribution < 1.29 is 22.4 Å². The maximum Gasteiger partial charge on any atom is 0.406 e. The summed E-state index contributed by atoms with van der Waals surface area (Å²) in [7, 11) is 1.08. The minimum Gasteiger partial charge on any atom is -0.357 e. The molecule has 0 aliphatic heterocycles. The zero-order valence-corrected chi connectivity index (χ0v) is 17.1. The van der Waals surface area contributed by atoms with Crippen LogP contribution in [0.2, 0.25) is 0 Å². The number of aliphatic imine (C=N–C) groups is 1. The zero-order chi connectivity index (χ0) is 19.0. The van der Waals surface area contributed by atoms with E-state index in [1.807, 2.05) is 0 Å². The van der Waals surface area contributed by atoms with Gasteiger partial charge in [0.2, 0.25) is 5.91 Å². The van der Waals surface area contributed by atoms with Crippen molar-refractivity contribution in [2.75, 3.05) is 26.7 Å². The Morgan fingerprint density at radius 3 is 2.46 bits per heavy atom. The SMILES string of the molecule is CCNC(=NCc1ccc(C)c(F)c1)NCC(=O)N(C)CC(F)(F)F.I. The molecule has 0 bridgehead atoms. The Balaban J connectivity index is 0.00000625. The van der Waals surface area contributed by atoms with Crippen molar-refractivity contribution in [1.29, 1.82) is 0 Å². The highest BCUT2D eigenvalue weighted by Crippen LogP contribution is 2.15. The van der Waals surface area contributed by atoms with Crippen LogP contribution >= 0.6 is 24.0 Å². The van der Waals surface area contributed by atoms with Crippen molar-refractivity contribution in [2.24, 2.45) is 4.99 Å². The Kier molecular flexibility index (Phi) is 10.5. The third kappa shape index (κ3) is 9.20. The van der Waals surface area contributed by atoms with Gasteiger partial charge in [-0.2, -0.15) is 13.2 Å². The Morgan fingerprint density at radius 1 is 1.27 bits per heavy atom. The van der Waals surface area contributed by atoms with E-state index in [1.54, 1.807) is 26.0 Å². The summed E-state index contributed by atoms with van der Waals surface area (Å²) >= 11 is 0. The summed E-state index contributed by atoms with van der Waals surface area (Å²) in [5.74, 6) is -0.795. The lowest BCUT2D eigenvalue weighted by molar-refractivity contribution is -0.157. The number of benzene rings is 1. The number of guanidine groups is 1. The van der Waals surface area contributed by atoms with E-state index in [9.17, 15) is 22.4 Å². The van der Waals surface area contributed by atoms with E-state index >= 15 is 0 Å². The number of nitrogens with one attached hydrogen (secondary N) is 2. The van der Waals surface area contributed by atoms with Gasteiger partial charge >= 0.3 is 6.18 Å². The predicted molar refractivity (Wildman–Crippen MR) is 103 cm³/mol. The van der Waals surface area contributed by atoms with Crippen molar-refractivity contribution in [3.05, 3.63) is 35.1 Å². The Hall–Kier alpha value is -1.59. The van der Waals surface area contributed by atoms with Gasteiger partial charge in [-0.3, -0.25) is 4.79 Å². The summed E-state index contributed by atoms with van der Waals surface area (Å²) in [5, 5.41) is 5.54. The van der Waals surface area contributed by atoms with E-state index in [1.165, 1.54) is 6.07 Å². The zero-order valence-electron chi connectivity index (χ0n) is 14.8. The third-order valence-electron chi connectivity index (χ3n) is 3.25. The summed E-state index contributed by atoms with van der Waals surface area (Å²) in [6, 6.07) is 4.73. The highest BCUT2D eigenvalue weighted by Gasteiger charge is 2.31. The number of aryl methyl sites for hydroxylation is 1. The number of hydrogen-bond acceptors (Lipinski definition) is 2. The van der Waals surface area contributed by atoms with Crippen molar-refractivity contribution in [1.82, 2.24) is 15.5 Å². The summed E-state index contributed by atoms with van der Waals surface area (Å²) in [4.78, 5) is 16.5. The van der Waals surface area contributed by atoms with E-state index in [4.69, 9.17) is 0 Å². The second kappa shape index (κ2) is 11.2. The third-order valence-corrected chi connectivity index (χ3v) is 3.25. The number of amides is 1. The largest absolute Gasteiger partial charge is 0.406 e. The van der Waals surface area contributed by atoms with Crippen LogP contribution in [0.1, 0.15) is 18.1 Å². The van der Waals surface area contributed by atoms with Crippen molar-refractivity contribution in [3.8, 4) is 0 Å². The molecule has 0 atom stereocenters. The molecule has 0 aromatic heterocycles. The van der Waals surface area contributed by atoms with Gasteiger partial charge in [-0.25, -0.2) is 9.38 Å². The molecule has 0 radical (unpaired) electrons. The van der Waals surface area contributed by atoms with Crippen molar-refractivity contribution >= 4 is 35.8 Å². The van der Waals surface area contributed by atoms with Crippen LogP contribution in [0.3, 0.4) is 0 Å². The van der Waals surface area contributed by atoms with E-state index in [0.29, 0.717) is 22.6 Å². The number of rotatable bonds is 6. The van der Waals surface area contributed by atoms with E-state index < -0.39 is 18.6 Å². The van der Waals surface area contributed by atoms with E-state index in [0.717, 1.165) is 7.05 Å². The summed E-state index contributed by atoms with van der Waals surface area (Å²) in [5.41, 5.74) is 1.16. The average molecular weight is 490 g/mol. The number of hydrogen-bond donors (Lipinski definition) is 2. The minimum absolute atomic E-state index is 0. The molecule has 5 nitrogen and oxygen atoms in total. The first-order chi connectivity index (χ1) is 11.6. The Bertz CT molecular complexity index is 623. The van der Waals surface area contributed by atoms with Gasteiger partial charge in [0.1, 0.15) is 12.4 Å². The molecule has 0 unspecified atom stereocenters. The Labute approximate surface area is 167 Å². The molecule has 10 heteroatoms. The minimum atomic E-state index is -4.45. The normalized spacial score (nSPS) is 11.6. The molecule has 0 spiro atoms. The van der Waals surface area contributed by atoms with Gasteiger partial charge in [0.05, 0.1) is 13.1 Å². The number of carbonyl (C=O) groups excluding carboxylic acids is 1. The summed E-state index contributed by atoms with van der Waals surface area (Å²) in [6.07, 6.45) is -4.45. The summed E-state index contributed by atoms with van der Waals surface area (Å²) in [6.45, 7) is 2.47. The molecule has 1 amide bonds. The number of carbonyl (C=O) groups is 1. The molecular weight excluding hydrogens is 467 g/mol. The molecule has 0 aliphatic rings. The van der Waals surface area contributed by atoms with Crippen LogP contribution < -0.4 is 10.6 Å². The molecule has 26 heavy (non-hydrogen) atoms. The second-order valence-electron chi connectivity index (χ2n) is 5.50. The maximum atomic E-state index is 13.5. The van der Waals surface area contributed by atoms with Gasteiger partial charge in [-0.1, -0.05) is 12.1 Å². The standard InChI is InChI=1S/C16H22F4N4O.HI/c1-4-21-15(22-8-12-6-5-11(2)13(17)7-12)23-9-14(25)24(3)10-16(18,19)20;/h5-7H,4,8-10H2,1-3H3,(H2,21,22,23);1H. The van der Waals surface area contributed by atoms with Gasteiger partial charge in [-0.05, 0) is 31.0 Å². The quantitative estimate of drug-likeness (QED) is 0.279. The first-order valence-electron chi connectivity index (χ1n) is 7.70. The fraction of sp³-hybridized carbons (Fsp3) is 0.500. The van der Waals surface area contributed by atoms with Crippen LogP contribution in [0.4, 0.5) is 17.6 Å². The fourth-order valence-corrected chi connectivity index (χ4v) is 1.90. The van der Waals surface area contributed by atoms with Gasteiger partial charge in [0.15, 0.2) is 5.96 Å². The number of halogens is 5. The van der Waals surface area contributed by atoms with Crippen LogP contribution in [0.5, 0.6) is 0 Å².